The molecule has 1 nitrogen and oxygen atoms in total. The number of hydrogen-bond donors (Lipinski definition) is 0. The highest BCUT2D eigenvalue weighted by atomic mass is 19.4. The summed E-state index contributed by atoms with van der Waals surface area (Å²) >= 11 is 0. The quantitative estimate of drug-likeness (QED) is 0.163. The van der Waals surface area contributed by atoms with Gasteiger partial charge in [-0.05, 0) is 118 Å². The van der Waals surface area contributed by atoms with Crippen molar-refractivity contribution in [1.82, 2.24) is 4.57 Å². The number of nitrogens with zero attached hydrogens (tertiary/aromatic N) is 1. The van der Waals surface area contributed by atoms with Crippen LogP contribution in [-0.2, 0) is 6.18 Å². The smallest absolute Gasteiger partial charge is 0.309 e. The first-order valence-electron chi connectivity index (χ1n) is 17.5. The predicted molar refractivity (Wildman–Crippen MR) is 211 cm³/mol. The highest BCUT2D eigenvalue weighted by molar-refractivity contribution is 6.14. The van der Waals surface area contributed by atoms with Crippen molar-refractivity contribution in [2.75, 3.05) is 0 Å². The van der Waals surface area contributed by atoms with Gasteiger partial charge < -0.3 is 4.57 Å². The molecular formula is C48H34F3N. The van der Waals surface area contributed by atoms with E-state index in [0.29, 0.717) is 11.1 Å². The van der Waals surface area contributed by atoms with Crippen LogP contribution in [0, 0.1) is 20.8 Å². The van der Waals surface area contributed by atoms with E-state index in [1.165, 1.54) is 44.8 Å². The molecule has 0 fully saturated rings. The third-order valence-corrected chi connectivity index (χ3v) is 10.3. The second kappa shape index (κ2) is 12.0. The third kappa shape index (κ3) is 5.34. The van der Waals surface area contributed by atoms with Gasteiger partial charge in [-0.15, -0.1) is 0 Å². The number of halogens is 3. The van der Waals surface area contributed by atoms with E-state index in [0.717, 1.165) is 55.3 Å². The third-order valence-electron chi connectivity index (χ3n) is 10.3. The number of benzene rings is 8. The predicted octanol–water partition coefficient (Wildman–Crippen LogP) is 14.0. The fourth-order valence-electron chi connectivity index (χ4n) is 8.07. The van der Waals surface area contributed by atoms with Gasteiger partial charge in [0.1, 0.15) is 0 Å². The summed E-state index contributed by atoms with van der Waals surface area (Å²) < 4.78 is 44.1. The SMILES string of the molecule is Cc1cc(C)cc(-c2ccc3c(c2)c2cc(-c4cc(C)cc(C(F)(F)F)c4)ccc2n3-c2ccccc2-c2cccc3c2ccc2ccccc23)c1. The maximum absolute atomic E-state index is 13.9. The zero-order valence-corrected chi connectivity index (χ0v) is 29.0. The fraction of sp³-hybridized carbons (Fsp3) is 0.0833. The van der Waals surface area contributed by atoms with Crippen molar-refractivity contribution in [1.29, 1.82) is 0 Å². The zero-order chi connectivity index (χ0) is 35.7. The summed E-state index contributed by atoms with van der Waals surface area (Å²) in [5, 5.41) is 6.81. The lowest BCUT2D eigenvalue weighted by molar-refractivity contribution is -0.137. The van der Waals surface area contributed by atoms with Crippen LogP contribution in [0.1, 0.15) is 22.3 Å². The lowest BCUT2D eigenvalue weighted by atomic mass is 9.94. The Balaban J connectivity index is 1.32. The van der Waals surface area contributed by atoms with E-state index in [2.05, 4.69) is 146 Å². The van der Waals surface area contributed by atoms with Crippen LogP contribution in [0.15, 0.2) is 152 Å². The molecule has 0 atom stereocenters. The molecular weight excluding hydrogens is 648 g/mol. The van der Waals surface area contributed by atoms with Gasteiger partial charge in [0, 0.05) is 16.3 Å². The van der Waals surface area contributed by atoms with Crippen molar-refractivity contribution in [3.8, 4) is 39.1 Å². The van der Waals surface area contributed by atoms with Gasteiger partial charge in [-0.1, -0.05) is 120 Å². The van der Waals surface area contributed by atoms with Crippen LogP contribution >= 0.6 is 0 Å². The van der Waals surface area contributed by atoms with E-state index >= 15 is 0 Å². The van der Waals surface area contributed by atoms with Crippen LogP contribution in [0.25, 0.3) is 82.4 Å². The molecule has 252 valence electrons. The van der Waals surface area contributed by atoms with Crippen LogP contribution in [0.4, 0.5) is 13.2 Å². The Morgan fingerprint density at radius 3 is 1.67 bits per heavy atom. The number of rotatable bonds is 4. The van der Waals surface area contributed by atoms with Gasteiger partial charge in [0.25, 0.3) is 0 Å². The fourth-order valence-corrected chi connectivity index (χ4v) is 8.07. The molecule has 4 heteroatoms. The van der Waals surface area contributed by atoms with Crippen molar-refractivity contribution in [3.05, 3.63) is 174 Å². The van der Waals surface area contributed by atoms with Gasteiger partial charge in [0.05, 0.1) is 22.3 Å². The molecule has 9 aromatic rings. The normalized spacial score (nSPS) is 12.0. The zero-order valence-electron chi connectivity index (χ0n) is 29.0. The lowest BCUT2D eigenvalue weighted by Crippen LogP contribution is -2.05. The van der Waals surface area contributed by atoms with Crippen LogP contribution in [0.3, 0.4) is 0 Å². The average Bonchev–Trinajstić information content (AvgIpc) is 3.46. The molecule has 0 aliphatic carbocycles. The Labute approximate surface area is 300 Å². The van der Waals surface area contributed by atoms with Crippen molar-refractivity contribution >= 4 is 43.4 Å². The molecule has 0 saturated heterocycles. The molecule has 0 unspecified atom stereocenters. The van der Waals surface area contributed by atoms with Gasteiger partial charge in [0.15, 0.2) is 0 Å². The van der Waals surface area contributed by atoms with Crippen molar-refractivity contribution in [3.63, 3.8) is 0 Å². The van der Waals surface area contributed by atoms with Crippen LogP contribution < -0.4 is 0 Å². The Morgan fingerprint density at radius 1 is 0.404 bits per heavy atom. The number of fused-ring (bicyclic) bond motifs is 6. The first kappa shape index (κ1) is 31.8. The van der Waals surface area contributed by atoms with Gasteiger partial charge in [0.2, 0.25) is 0 Å². The average molecular weight is 682 g/mol. The molecule has 0 radical (unpaired) electrons. The number of aryl methyl sites for hydroxylation is 3. The topological polar surface area (TPSA) is 4.93 Å². The second-order valence-electron chi connectivity index (χ2n) is 14.0. The van der Waals surface area contributed by atoms with Crippen molar-refractivity contribution in [2.24, 2.45) is 0 Å². The Kier molecular flexibility index (Phi) is 7.34. The summed E-state index contributed by atoms with van der Waals surface area (Å²) in [4.78, 5) is 0. The standard InChI is InChI=1S/C48H34F3N/c1-29-21-30(2)23-35(22-29)33-16-19-46-43(27-33)44-28-34(36-24-31(3)25-37(26-36)48(49,50)51)17-20-47(44)52(46)45-14-7-6-11-42(45)40-13-8-12-39-38-10-5-4-9-32(38)15-18-41(39)40/h4-28H,1-3H3. The molecule has 1 heterocycles. The summed E-state index contributed by atoms with van der Waals surface area (Å²) in [7, 11) is 0. The molecule has 52 heavy (non-hydrogen) atoms. The van der Waals surface area contributed by atoms with Gasteiger partial charge >= 0.3 is 6.18 Å². The number of alkyl halides is 3. The first-order valence-corrected chi connectivity index (χ1v) is 17.5. The molecule has 0 bridgehead atoms. The minimum Gasteiger partial charge on any atom is -0.309 e. The van der Waals surface area contributed by atoms with E-state index in [4.69, 9.17) is 0 Å². The molecule has 9 rings (SSSR count). The minimum atomic E-state index is -4.43. The molecule has 1 aromatic heterocycles. The van der Waals surface area contributed by atoms with Crippen LogP contribution in [-0.4, -0.2) is 4.57 Å². The van der Waals surface area contributed by atoms with E-state index in [1.807, 2.05) is 12.1 Å². The monoisotopic (exact) mass is 681 g/mol. The summed E-state index contributed by atoms with van der Waals surface area (Å²) in [6.45, 7) is 5.93. The molecule has 0 saturated carbocycles. The van der Waals surface area contributed by atoms with Gasteiger partial charge in [-0.2, -0.15) is 13.2 Å². The number of hydrogen-bond acceptors (Lipinski definition) is 0. The molecule has 0 aliphatic rings. The molecule has 0 N–H and O–H groups in total. The maximum atomic E-state index is 13.9. The maximum Gasteiger partial charge on any atom is 0.416 e. The van der Waals surface area contributed by atoms with Crippen molar-refractivity contribution < 1.29 is 13.2 Å². The van der Waals surface area contributed by atoms with E-state index in [-0.39, 0.29) is 0 Å². The van der Waals surface area contributed by atoms with Crippen LogP contribution in [0.2, 0.25) is 0 Å². The van der Waals surface area contributed by atoms with E-state index in [1.54, 1.807) is 6.92 Å². The van der Waals surface area contributed by atoms with Gasteiger partial charge in [-0.3, -0.25) is 0 Å². The number of aromatic nitrogens is 1. The second-order valence-corrected chi connectivity index (χ2v) is 14.0. The summed E-state index contributed by atoms with van der Waals surface area (Å²) in [5.74, 6) is 0. The van der Waals surface area contributed by atoms with Crippen LogP contribution in [0.5, 0.6) is 0 Å². The lowest BCUT2D eigenvalue weighted by Gasteiger charge is -2.16. The highest BCUT2D eigenvalue weighted by Crippen LogP contribution is 2.42. The molecule has 0 spiro atoms. The summed E-state index contributed by atoms with van der Waals surface area (Å²) in [6, 6.07) is 51.4. The Bertz CT molecular complexity index is 2850. The van der Waals surface area contributed by atoms with E-state index in [9.17, 15) is 13.2 Å². The first-order chi connectivity index (χ1) is 25.1. The number of para-hydroxylation sites is 1. The molecule has 0 amide bonds. The Hall–Kier alpha value is -6.13. The molecule has 8 aromatic carbocycles. The summed E-state index contributed by atoms with van der Waals surface area (Å²) in [5.41, 5.74) is 11.1. The molecule has 0 aliphatic heterocycles. The Morgan fingerprint density at radius 2 is 0.981 bits per heavy atom. The van der Waals surface area contributed by atoms with Gasteiger partial charge in [-0.25, -0.2) is 0 Å². The van der Waals surface area contributed by atoms with E-state index < -0.39 is 11.7 Å². The minimum absolute atomic E-state index is 0.545. The highest BCUT2D eigenvalue weighted by Gasteiger charge is 2.31. The largest absolute Gasteiger partial charge is 0.416 e. The van der Waals surface area contributed by atoms with Crippen molar-refractivity contribution in [2.45, 2.75) is 26.9 Å². The summed E-state index contributed by atoms with van der Waals surface area (Å²) in [6.07, 6.45) is -4.43.